The average molecular weight is 483 g/mol. The van der Waals surface area contributed by atoms with Crippen molar-refractivity contribution in [3.05, 3.63) is 59.7 Å². The van der Waals surface area contributed by atoms with Crippen molar-refractivity contribution in [2.75, 3.05) is 13.7 Å². The van der Waals surface area contributed by atoms with Crippen molar-refractivity contribution >= 4 is 23.9 Å². The quantitative estimate of drug-likeness (QED) is 0.444. The van der Waals surface area contributed by atoms with Crippen molar-refractivity contribution in [3.63, 3.8) is 0 Å². The summed E-state index contributed by atoms with van der Waals surface area (Å²) < 4.78 is 10.0. The molecule has 0 radical (unpaired) electrons. The highest BCUT2D eigenvalue weighted by Crippen LogP contribution is 2.44. The molecular formula is C26H30N2O7. The lowest BCUT2D eigenvalue weighted by molar-refractivity contribution is -0.149. The predicted octanol–water partition coefficient (Wildman–Crippen LogP) is 3.07. The van der Waals surface area contributed by atoms with Gasteiger partial charge in [0.15, 0.2) is 0 Å². The van der Waals surface area contributed by atoms with E-state index in [9.17, 15) is 24.3 Å². The molecule has 2 aromatic carbocycles. The predicted molar refractivity (Wildman–Crippen MR) is 128 cm³/mol. The van der Waals surface area contributed by atoms with Gasteiger partial charge in [0.05, 0.1) is 13.5 Å². The third kappa shape index (κ3) is 6.38. The summed E-state index contributed by atoms with van der Waals surface area (Å²) in [5.41, 5.74) is 4.31. The van der Waals surface area contributed by atoms with Gasteiger partial charge in [0.25, 0.3) is 0 Å². The van der Waals surface area contributed by atoms with Crippen molar-refractivity contribution < 1.29 is 33.8 Å². The summed E-state index contributed by atoms with van der Waals surface area (Å²) in [6.07, 6.45) is -1.06. The van der Waals surface area contributed by atoms with Crippen LogP contribution in [0.3, 0.4) is 0 Å². The van der Waals surface area contributed by atoms with Crippen LogP contribution in [0.5, 0.6) is 0 Å². The van der Waals surface area contributed by atoms with Crippen LogP contribution in [0, 0.1) is 5.92 Å². The maximum Gasteiger partial charge on any atom is 0.407 e. The van der Waals surface area contributed by atoms with Gasteiger partial charge in [0.1, 0.15) is 18.7 Å². The molecule has 0 unspecified atom stereocenters. The van der Waals surface area contributed by atoms with E-state index in [-0.39, 0.29) is 24.9 Å². The number of carbonyl (C=O) groups excluding carboxylic acids is 3. The Labute approximate surface area is 203 Å². The van der Waals surface area contributed by atoms with Crippen LogP contribution in [0.15, 0.2) is 48.5 Å². The minimum atomic E-state index is -1.48. The van der Waals surface area contributed by atoms with Crippen LogP contribution in [-0.4, -0.2) is 54.8 Å². The third-order valence-electron chi connectivity index (χ3n) is 5.87. The lowest BCUT2D eigenvalue weighted by Gasteiger charge is -2.23. The van der Waals surface area contributed by atoms with E-state index in [1.807, 2.05) is 62.4 Å². The molecule has 2 atom stereocenters. The normalized spacial score (nSPS) is 13.8. The van der Waals surface area contributed by atoms with Crippen LogP contribution in [0.2, 0.25) is 0 Å². The largest absolute Gasteiger partial charge is 0.480 e. The number of carbonyl (C=O) groups is 4. The lowest BCUT2D eigenvalue weighted by atomic mass is 9.98. The van der Waals surface area contributed by atoms with Gasteiger partial charge in [-0.1, -0.05) is 62.4 Å². The molecule has 2 aromatic rings. The SMILES string of the molecule is COC(=O)C[C@H](NC(=O)[C@H](CC(C)C)NC(=O)OCC1c2ccccc2-c2ccccc21)C(=O)O. The van der Waals surface area contributed by atoms with Gasteiger partial charge in [-0.25, -0.2) is 9.59 Å². The van der Waals surface area contributed by atoms with E-state index in [0.717, 1.165) is 29.4 Å². The van der Waals surface area contributed by atoms with Crippen molar-refractivity contribution in [1.29, 1.82) is 0 Å². The summed E-state index contributed by atoms with van der Waals surface area (Å²) in [5, 5.41) is 14.2. The van der Waals surface area contributed by atoms with E-state index < -0.39 is 42.4 Å². The highest BCUT2D eigenvalue weighted by Gasteiger charge is 2.31. The summed E-state index contributed by atoms with van der Waals surface area (Å²) in [6.45, 7) is 3.81. The molecule has 2 amide bonds. The molecule has 3 N–H and O–H groups in total. The first kappa shape index (κ1) is 25.7. The van der Waals surface area contributed by atoms with Gasteiger partial charge in [-0.05, 0) is 34.6 Å². The van der Waals surface area contributed by atoms with Gasteiger partial charge in [-0.2, -0.15) is 0 Å². The molecule has 0 aromatic heterocycles. The molecule has 9 nitrogen and oxygen atoms in total. The number of carboxylic acid groups (broad SMARTS) is 1. The number of hydrogen-bond acceptors (Lipinski definition) is 6. The second kappa shape index (κ2) is 11.5. The Bertz CT molecular complexity index is 1050. The van der Waals surface area contributed by atoms with E-state index in [0.29, 0.717) is 0 Å². The van der Waals surface area contributed by atoms with Crippen molar-refractivity contribution in [3.8, 4) is 11.1 Å². The fourth-order valence-electron chi connectivity index (χ4n) is 4.21. The summed E-state index contributed by atoms with van der Waals surface area (Å²) in [6, 6.07) is 13.4. The molecule has 0 spiro atoms. The molecule has 186 valence electrons. The van der Waals surface area contributed by atoms with E-state index in [4.69, 9.17) is 4.74 Å². The van der Waals surface area contributed by atoms with Gasteiger partial charge in [-0.3, -0.25) is 9.59 Å². The molecule has 0 fully saturated rings. The Morgan fingerprint density at radius 1 is 0.914 bits per heavy atom. The van der Waals surface area contributed by atoms with Gasteiger partial charge >= 0.3 is 18.0 Å². The van der Waals surface area contributed by atoms with Gasteiger partial charge < -0.3 is 25.2 Å². The molecule has 0 heterocycles. The first-order valence-corrected chi connectivity index (χ1v) is 11.4. The van der Waals surface area contributed by atoms with Crippen LogP contribution in [-0.2, 0) is 23.9 Å². The molecule has 9 heteroatoms. The monoisotopic (exact) mass is 482 g/mol. The number of alkyl carbamates (subject to hydrolysis) is 1. The number of hydrogen-bond donors (Lipinski definition) is 3. The maximum atomic E-state index is 12.8. The van der Waals surface area contributed by atoms with E-state index in [1.165, 1.54) is 0 Å². The number of nitrogens with one attached hydrogen (secondary N) is 2. The number of amides is 2. The van der Waals surface area contributed by atoms with E-state index in [2.05, 4.69) is 15.4 Å². The second-order valence-electron chi connectivity index (χ2n) is 8.83. The fraction of sp³-hybridized carbons (Fsp3) is 0.385. The first-order valence-electron chi connectivity index (χ1n) is 11.4. The van der Waals surface area contributed by atoms with Crippen molar-refractivity contribution in [2.45, 2.75) is 44.7 Å². The van der Waals surface area contributed by atoms with Gasteiger partial charge in [0, 0.05) is 5.92 Å². The molecule has 1 aliphatic rings. The molecule has 0 aliphatic heterocycles. The second-order valence-corrected chi connectivity index (χ2v) is 8.83. The molecule has 3 rings (SSSR count). The third-order valence-corrected chi connectivity index (χ3v) is 5.87. The van der Waals surface area contributed by atoms with Crippen LogP contribution >= 0.6 is 0 Å². The van der Waals surface area contributed by atoms with Crippen LogP contribution in [0.4, 0.5) is 4.79 Å². The summed E-state index contributed by atoms with van der Waals surface area (Å²) in [7, 11) is 1.13. The highest BCUT2D eigenvalue weighted by atomic mass is 16.5. The number of aliphatic carboxylic acids is 1. The minimum absolute atomic E-state index is 0.0171. The Morgan fingerprint density at radius 3 is 2.00 bits per heavy atom. The Balaban J connectivity index is 1.66. The van der Waals surface area contributed by atoms with Crippen molar-refractivity contribution in [2.24, 2.45) is 5.92 Å². The Kier molecular flexibility index (Phi) is 8.46. The smallest absolute Gasteiger partial charge is 0.407 e. The standard InChI is InChI=1S/C26H30N2O7/c1-15(2)12-21(24(30)27-22(25(31)32)13-23(29)34-3)28-26(33)35-14-20-18-10-6-4-8-16(18)17-9-5-7-11-19(17)20/h4-11,15,20-22H,12-14H2,1-3H3,(H,27,30)(H,28,33)(H,31,32)/t21-,22-/m0/s1. The summed E-state index contributed by atoms with van der Waals surface area (Å²) >= 11 is 0. The summed E-state index contributed by atoms with van der Waals surface area (Å²) in [5.74, 6) is -3.00. The molecule has 0 saturated heterocycles. The molecule has 1 aliphatic carbocycles. The molecular weight excluding hydrogens is 452 g/mol. The number of fused-ring (bicyclic) bond motifs is 3. The van der Waals surface area contributed by atoms with Crippen LogP contribution in [0.1, 0.15) is 43.7 Å². The zero-order valence-corrected chi connectivity index (χ0v) is 19.9. The van der Waals surface area contributed by atoms with E-state index >= 15 is 0 Å². The van der Waals surface area contributed by atoms with Crippen molar-refractivity contribution in [1.82, 2.24) is 10.6 Å². The maximum absolute atomic E-state index is 12.8. The number of benzene rings is 2. The lowest BCUT2D eigenvalue weighted by Crippen LogP contribution is -2.52. The first-order chi connectivity index (χ1) is 16.7. The number of ether oxygens (including phenoxy) is 2. The number of esters is 1. The number of methoxy groups -OCH3 is 1. The topological polar surface area (TPSA) is 131 Å². The van der Waals surface area contributed by atoms with Gasteiger partial charge in [0.2, 0.25) is 5.91 Å². The molecule has 0 bridgehead atoms. The van der Waals surface area contributed by atoms with Crippen LogP contribution in [0.25, 0.3) is 11.1 Å². The number of rotatable bonds is 10. The zero-order valence-electron chi connectivity index (χ0n) is 19.9. The Hall–Kier alpha value is -3.88. The average Bonchev–Trinajstić information content (AvgIpc) is 3.15. The highest BCUT2D eigenvalue weighted by molar-refractivity contribution is 5.91. The zero-order chi connectivity index (χ0) is 25.5. The van der Waals surface area contributed by atoms with E-state index in [1.54, 1.807) is 0 Å². The minimum Gasteiger partial charge on any atom is -0.480 e. The Morgan fingerprint density at radius 2 is 1.49 bits per heavy atom. The van der Waals surface area contributed by atoms with Crippen LogP contribution < -0.4 is 10.6 Å². The molecule has 35 heavy (non-hydrogen) atoms. The summed E-state index contributed by atoms with van der Waals surface area (Å²) in [4.78, 5) is 48.4. The molecule has 0 saturated carbocycles. The fourth-order valence-corrected chi connectivity index (χ4v) is 4.21. The van der Waals surface area contributed by atoms with Gasteiger partial charge in [-0.15, -0.1) is 0 Å². The number of carboxylic acids is 1.